The van der Waals surface area contributed by atoms with E-state index in [1.54, 1.807) is 9.80 Å². The molecule has 2 aromatic heterocycles. The van der Waals surface area contributed by atoms with Crippen molar-refractivity contribution in [1.29, 1.82) is 0 Å². The van der Waals surface area contributed by atoms with Crippen LogP contribution < -0.4 is 9.80 Å². The fourth-order valence-corrected chi connectivity index (χ4v) is 4.91. The smallest absolute Gasteiger partial charge is 0.234 e. The number of nitrogens with zero attached hydrogens (tertiary/aromatic N) is 4. The van der Waals surface area contributed by atoms with E-state index < -0.39 is 0 Å². The number of amides is 2. The van der Waals surface area contributed by atoms with Gasteiger partial charge in [-0.1, -0.05) is 23.5 Å². The van der Waals surface area contributed by atoms with Gasteiger partial charge in [-0.3, -0.25) is 19.4 Å². The normalized spacial score (nSPS) is 14.3. The molecule has 0 aliphatic carbocycles. The van der Waals surface area contributed by atoms with Gasteiger partial charge in [-0.15, -0.1) is 11.3 Å². The average molecular weight is 387 g/mol. The molecule has 4 rings (SSSR count). The van der Waals surface area contributed by atoms with Crippen LogP contribution >= 0.6 is 22.7 Å². The van der Waals surface area contributed by atoms with Gasteiger partial charge in [0.2, 0.25) is 11.8 Å². The maximum atomic E-state index is 12.8. The molecule has 3 aromatic rings. The molecule has 3 heterocycles. The molecule has 1 fully saturated rings. The number of para-hydroxylation sites is 1. The lowest BCUT2D eigenvalue weighted by Crippen LogP contribution is -2.32. The summed E-state index contributed by atoms with van der Waals surface area (Å²) < 4.78 is 1.07. The first-order chi connectivity index (χ1) is 12.7. The van der Waals surface area contributed by atoms with Gasteiger partial charge >= 0.3 is 0 Å². The van der Waals surface area contributed by atoms with Gasteiger partial charge in [0, 0.05) is 24.9 Å². The van der Waals surface area contributed by atoms with Gasteiger partial charge in [0.15, 0.2) is 10.3 Å². The highest BCUT2D eigenvalue weighted by Gasteiger charge is 2.25. The zero-order valence-electron chi connectivity index (χ0n) is 14.3. The van der Waals surface area contributed by atoms with Crippen LogP contribution in [-0.4, -0.2) is 34.9 Å². The molecule has 0 atom stereocenters. The molecule has 1 aliphatic heterocycles. The Morgan fingerprint density at radius 3 is 2.88 bits per heavy atom. The third kappa shape index (κ3) is 3.22. The maximum Gasteiger partial charge on any atom is 0.234 e. The van der Waals surface area contributed by atoms with Gasteiger partial charge in [0.25, 0.3) is 0 Å². The minimum atomic E-state index is -0.0313. The highest BCUT2D eigenvalue weighted by atomic mass is 32.1. The molecule has 0 radical (unpaired) electrons. The van der Waals surface area contributed by atoms with E-state index in [1.807, 2.05) is 36.6 Å². The summed E-state index contributed by atoms with van der Waals surface area (Å²) in [6.45, 7) is 3.21. The molecule has 0 N–H and O–H groups in total. The highest BCUT2D eigenvalue weighted by Crippen LogP contribution is 2.29. The van der Waals surface area contributed by atoms with Crippen LogP contribution in [0.2, 0.25) is 0 Å². The summed E-state index contributed by atoms with van der Waals surface area (Å²) >= 11 is 2.94. The zero-order chi connectivity index (χ0) is 18.1. The van der Waals surface area contributed by atoms with Crippen LogP contribution in [0.1, 0.15) is 25.5 Å². The van der Waals surface area contributed by atoms with Crippen LogP contribution in [0.3, 0.4) is 0 Å². The number of carbonyl (C=O) groups excluding carboxylic acids is 2. The molecule has 2 amide bonds. The van der Waals surface area contributed by atoms with Crippen molar-refractivity contribution in [3.8, 4) is 0 Å². The third-order valence-corrected chi connectivity index (χ3v) is 6.28. The standard InChI is InChI=1S/C18H18N4O2S2/c1-2-21(18-20-13-6-3-4-7-14(13)26-18)16(24)10-12-11-25-17(19-12)22-9-5-8-15(22)23/h3-4,6-7,11H,2,5,8-10H2,1H3. The molecule has 134 valence electrons. The van der Waals surface area contributed by atoms with Crippen LogP contribution in [0, 0.1) is 0 Å². The van der Waals surface area contributed by atoms with Crippen molar-refractivity contribution in [2.45, 2.75) is 26.2 Å². The lowest BCUT2D eigenvalue weighted by molar-refractivity contribution is -0.118. The van der Waals surface area contributed by atoms with Gasteiger partial charge in [-0.25, -0.2) is 9.97 Å². The van der Waals surface area contributed by atoms with Gasteiger partial charge in [0.05, 0.1) is 22.3 Å². The number of fused-ring (bicyclic) bond motifs is 1. The monoisotopic (exact) mass is 386 g/mol. The van der Waals surface area contributed by atoms with Crippen LogP contribution in [0.15, 0.2) is 29.6 Å². The number of carbonyl (C=O) groups is 2. The first-order valence-corrected chi connectivity index (χ1v) is 10.3. The molecular weight excluding hydrogens is 368 g/mol. The Kier molecular flexibility index (Phi) is 4.69. The summed E-state index contributed by atoms with van der Waals surface area (Å²) in [7, 11) is 0. The van der Waals surface area contributed by atoms with Crippen molar-refractivity contribution < 1.29 is 9.59 Å². The Morgan fingerprint density at radius 2 is 2.15 bits per heavy atom. The van der Waals surface area contributed by atoms with Crippen LogP contribution in [0.5, 0.6) is 0 Å². The van der Waals surface area contributed by atoms with Crippen molar-refractivity contribution in [1.82, 2.24) is 9.97 Å². The summed E-state index contributed by atoms with van der Waals surface area (Å²) in [4.78, 5) is 37.1. The maximum absolute atomic E-state index is 12.8. The Morgan fingerprint density at radius 1 is 1.31 bits per heavy atom. The second-order valence-corrected chi connectivity index (χ2v) is 7.89. The summed E-state index contributed by atoms with van der Waals surface area (Å²) in [5.41, 5.74) is 1.61. The highest BCUT2D eigenvalue weighted by molar-refractivity contribution is 7.22. The fourth-order valence-electron chi connectivity index (χ4n) is 3.00. The summed E-state index contributed by atoms with van der Waals surface area (Å²) in [6, 6.07) is 7.88. The summed E-state index contributed by atoms with van der Waals surface area (Å²) in [5.74, 6) is 0.0815. The molecule has 8 heteroatoms. The average Bonchev–Trinajstić information content (AvgIpc) is 3.34. The number of rotatable bonds is 5. The van der Waals surface area contributed by atoms with E-state index in [2.05, 4.69) is 9.97 Å². The van der Waals surface area contributed by atoms with Gasteiger partial charge < -0.3 is 0 Å². The van der Waals surface area contributed by atoms with Gasteiger partial charge in [-0.05, 0) is 25.5 Å². The van der Waals surface area contributed by atoms with Crippen molar-refractivity contribution >= 4 is 55.0 Å². The van der Waals surface area contributed by atoms with E-state index in [4.69, 9.17) is 0 Å². The van der Waals surface area contributed by atoms with Crippen LogP contribution in [-0.2, 0) is 16.0 Å². The van der Waals surface area contributed by atoms with E-state index in [1.165, 1.54) is 22.7 Å². The van der Waals surface area contributed by atoms with Gasteiger partial charge in [-0.2, -0.15) is 0 Å². The molecule has 0 saturated carbocycles. The Bertz CT molecular complexity index is 932. The van der Waals surface area contributed by atoms with Crippen molar-refractivity contribution in [3.05, 3.63) is 35.3 Å². The van der Waals surface area contributed by atoms with Crippen molar-refractivity contribution in [2.75, 3.05) is 22.9 Å². The topological polar surface area (TPSA) is 66.4 Å². The Balaban J connectivity index is 1.51. The van der Waals surface area contributed by atoms with Crippen molar-refractivity contribution in [3.63, 3.8) is 0 Å². The number of hydrogen-bond donors (Lipinski definition) is 0. The molecule has 0 spiro atoms. The van der Waals surface area contributed by atoms with E-state index in [-0.39, 0.29) is 18.2 Å². The largest absolute Gasteiger partial charge is 0.288 e. The summed E-state index contributed by atoms with van der Waals surface area (Å²) in [5, 5.41) is 3.27. The first-order valence-electron chi connectivity index (χ1n) is 8.56. The first kappa shape index (κ1) is 17.1. The number of benzene rings is 1. The second kappa shape index (κ2) is 7.13. The van der Waals surface area contributed by atoms with Crippen LogP contribution in [0.25, 0.3) is 10.2 Å². The SMILES string of the molecule is CCN(C(=O)Cc1csc(N2CCCC2=O)n1)c1nc2ccccc2s1. The number of aromatic nitrogens is 2. The van der Waals surface area contributed by atoms with Gasteiger partial charge in [0.1, 0.15) is 0 Å². The molecule has 1 saturated heterocycles. The van der Waals surface area contributed by atoms with E-state index in [0.717, 1.165) is 16.6 Å². The third-order valence-electron chi connectivity index (χ3n) is 4.31. The predicted molar refractivity (Wildman–Crippen MR) is 105 cm³/mol. The lowest BCUT2D eigenvalue weighted by atomic mass is 10.3. The number of hydrogen-bond acceptors (Lipinski definition) is 6. The number of anilines is 2. The minimum Gasteiger partial charge on any atom is -0.288 e. The lowest BCUT2D eigenvalue weighted by Gasteiger charge is -2.17. The fraction of sp³-hybridized carbons (Fsp3) is 0.333. The molecule has 1 aromatic carbocycles. The minimum absolute atomic E-state index is 0.0313. The van der Waals surface area contributed by atoms with E-state index in [0.29, 0.717) is 35.5 Å². The van der Waals surface area contributed by atoms with E-state index >= 15 is 0 Å². The molecule has 0 unspecified atom stereocenters. The quantitative estimate of drug-likeness (QED) is 0.673. The molecule has 0 bridgehead atoms. The second-order valence-electron chi connectivity index (χ2n) is 6.05. The summed E-state index contributed by atoms with van der Waals surface area (Å²) in [6.07, 6.45) is 1.66. The predicted octanol–water partition coefficient (Wildman–Crippen LogP) is 3.48. The molecule has 1 aliphatic rings. The number of likely N-dealkylation sites (N-methyl/N-ethyl adjacent to an activating group) is 1. The van der Waals surface area contributed by atoms with Crippen molar-refractivity contribution in [2.24, 2.45) is 0 Å². The molecular formula is C18H18N4O2S2. The van der Waals surface area contributed by atoms with Crippen LogP contribution in [0.4, 0.5) is 10.3 Å². The molecule has 26 heavy (non-hydrogen) atoms. The zero-order valence-corrected chi connectivity index (χ0v) is 16.0. The number of thiazole rings is 2. The Hall–Kier alpha value is -2.32. The van der Waals surface area contributed by atoms with E-state index in [9.17, 15) is 9.59 Å². The Labute approximate surface area is 159 Å². The molecule has 6 nitrogen and oxygen atoms in total.